The summed E-state index contributed by atoms with van der Waals surface area (Å²) >= 11 is 0. The van der Waals surface area contributed by atoms with Crippen LogP contribution in [0.4, 0.5) is 0 Å². The minimum atomic E-state index is -0.269. The normalized spacial score (nSPS) is 11.8. The molecular formula is C13H22N2O. The first-order valence-electron chi connectivity index (χ1n) is 5.97. The Balaban J connectivity index is 2.88. The van der Waals surface area contributed by atoms with Crippen LogP contribution in [0.1, 0.15) is 46.0 Å². The van der Waals surface area contributed by atoms with Gasteiger partial charge in [0.05, 0.1) is 5.69 Å². The maximum atomic E-state index is 12.0. The summed E-state index contributed by atoms with van der Waals surface area (Å²) in [5.41, 5.74) is 1.84. The number of carbonyl (C=O) groups is 1. The van der Waals surface area contributed by atoms with E-state index in [2.05, 4.69) is 18.9 Å². The van der Waals surface area contributed by atoms with Crippen molar-refractivity contribution in [1.82, 2.24) is 9.78 Å². The first-order valence-corrected chi connectivity index (χ1v) is 5.97. The molecular weight excluding hydrogens is 200 g/mol. The molecule has 0 N–H and O–H groups in total. The molecule has 90 valence electrons. The lowest BCUT2D eigenvalue weighted by atomic mass is 9.88. The number of Topliss-reactive ketones (excluding diaryl/α,β-unsaturated/α-hetero) is 1. The smallest absolute Gasteiger partial charge is 0.144 e. The number of aromatic nitrogens is 2. The molecule has 1 heterocycles. The fraction of sp³-hybridized carbons (Fsp3) is 0.692. The van der Waals surface area contributed by atoms with Gasteiger partial charge in [-0.25, -0.2) is 0 Å². The van der Waals surface area contributed by atoms with Crippen LogP contribution in [0.3, 0.4) is 0 Å². The van der Waals surface area contributed by atoms with Crippen molar-refractivity contribution in [1.29, 1.82) is 0 Å². The Morgan fingerprint density at radius 3 is 2.44 bits per heavy atom. The summed E-state index contributed by atoms with van der Waals surface area (Å²) in [6.07, 6.45) is 1.41. The van der Waals surface area contributed by atoms with E-state index in [4.69, 9.17) is 0 Å². The van der Waals surface area contributed by atoms with E-state index in [-0.39, 0.29) is 11.2 Å². The lowest BCUT2D eigenvalue weighted by molar-refractivity contribution is -0.125. The molecule has 0 atom stereocenters. The second kappa shape index (κ2) is 4.81. The molecule has 3 nitrogen and oxygen atoms in total. The first kappa shape index (κ1) is 12.9. The van der Waals surface area contributed by atoms with Gasteiger partial charge < -0.3 is 0 Å². The zero-order valence-electron chi connectivity index (χ0n) is 11.0. The third-order valence-electron chi connectivity index (χ3n) is 2.75. The van der Waals surface area contributed by atoms with Crippen LogP contribution < -0.4 is 0 Å². The van der Waals surface area contributed by atoms with Crippen molar-refractivity contribution in [2.24, 2.45) is 5.41 Å². The summed E-state index contributed by atoms with van der Waals surface area (Å²) in [4.78, 5) is 12.0. The summed E-state index contributed by atoms with van der Waals surface area (Å²) in [5.74, 6) is 0.268. The van der Waals surface area contributed by atoms with Crippen LogP contribution in [0.25, 0.3) is 0 Å². The van der Waals surface area contributed by atoms with Gasteiger partial charge in [-0.05, 0) is 19.4 Å². The number of rotatable bonds is 4. The number of hydrogen-bond donors (Lipinski definition) is 0. The zero-order chi connectivity index (χ0) is 12.3. The van der Waals surface area contributed by atoms with Gasteiger partial charge in [0.2, 0.25) is 0 Å². The molecule has 16 heavy (non-hydrogen) atoms. The van der Waals surface area contributed by atoms with Crippen molar-refractivity contribution >= 4 is 5.78 Å². The van der Waals surface area contributed by atoms with Crippen molar-refractivity contribution in [3.8, 4) is 0 Å². The van der Waals surface area contributed by atoms with Crippen molar-refractivity contribution < 1.29 is 4.79 Å². The highest BCUT2D eigenvalue weighted by atomic mass is 16.1. The average Bonchev–Trinajstić information content (AvgIpc) is 2.59. The largest absolute Gasteiger partial charge is 0.299 e. The van der Waals surface area contributed by atoms with E-state index in [1.807, 2.05) is 31.5 Å². The zero-order valence-corrected chi connectivity index (χ0v) is 11.0. The van der Waals surface area contributed by atoms with E-state index in [9.17, 15) is 4.79 Å². The highest BCUT2D eigenvalue weighted by molar-refractivity contribution is 5.85. The Morgan fingerprint density at radius 1 is 1.38 bits per heavy atom. The number of aryl methyl sites for hydroxylation is 2. The van der Waals surface area contributed by atoms with E-state index >= 15 is 0 Å². The second-order valence-corrected chi connectivity index (χ2v) is 5.15. The van der Waals surface area contributed by atoms with Gasteiger partial charge in [0.15, 0.2) is 0 Å². The molecule has 0 saturated carbocycles. The topological polar surface area (TPSA) is 34.9 Å². The molecule has 0 saturated heterocycles. The molecule has 0 radical (unpaired) electrons. The highest BCUT2D eigenvalue weighted by Crippen LogP contribution is 2.18. The molecule has 0 amide bonds. The van der Waals surface area contributed by atoms with E-state index < -0.39 is 0 Å². The van der Waals surface area contributed by atoms with Crippen LogP contribution in [0.15, 0.2) is 6.07 Å². The Bertz CT molecular complexity index is 372. The molecule has 0 aromatic carbocycles. The Kier molecular flexibility index (Phi) is 3.89. The lowest BCUT2D eigenvalue weighted by Gasteiger charge is -2.16. The maximum Gasteiger partial charge on any atom is 0.144 e. The number of hydrogen-bond acceptors (Lipinski definition) is 2. The molecule has 0 fully saturated rings. The standard InChI is InChI=1S/C13H22N2O/c1-6-10-8-11(15(7-2)14-10)9-12(16)13(3,4)5/h8H,6-7,9H2,1-5H3. The van der Waals surface area contributed by atoms with E-state index in [0.717, 1.165) is 24.4 Å². The van der Waals surface area contributed by atoms with Crippen molar-refractivity contribution in [3.05, 3.63) is 17.5 Å². The summed E-state index contributed by atoms with van der Waals surface area (Å²) in [7, 11) is 0. The summed E-state index contributed by atoms with van der Waals surface area (Å²) in [5, 5.41) is 4.45. The molecule has 0 unspecified atom stereocenters. The molecule has 0 spiro atoms. The number of ketones is 1. The van der Waals surface area contributed by atoms with Crippen molar-refractivity contribution in [2.75, 3.05) is 0 Å². The molecule has 3 heteroatoms. The van der Waals surface area contributed by atoms with Crippen LogP contribution in [-0.4, -0.2) is 15.6 Å². The third-order valence-corrected chi connectivity index (χ3v) is 2.75. The highest BCUT2D eigenvalue weighted by Gasteiger charge is 2.22. The predicted octanol–water partition coefficient (Wildman–Crippen LogP) is 2.62. The molecule has 0 aliphatic carbocycles. The predicted molar refractivity (Wildman–Crippen MR) is 65.4 cm³/mol. The van der Waals surface area contributed by atoms with Gasteiger partial charge in [0.25, 0.3) is 0 Å². The van der Waals surface area contributed by atoms with Gasteiger partial charge >= 0.3 is 0 Å². The minimum absolute atomic E-state index is 0.268. The summed E-state index contributed by atoms with van der Waals surface area (Å²) in [6, 6.07) is 2.05. The number of nitrogens with zero attached hydrogens (tertiary/aromatic N) is 2. The second-order valence-electron chi connectivity index (χ2n) is 5.15. The van der Waals surface area contributed by atoms with Crippen LogP contribution in [0, 0.1) is 5.41 Å². The number of carbonyl (C=O) groups excluding carboxylic acids is 1. The fourth-order valence-corrected chi connectivity index (χ4v) is 1.53. The Labute approximate surface area is 97.8 Å². The van der Waals surface area contributed by atoms with E-state index in [1.165, 1.54) is 0 Å². The molecule has 0 aliphatic rings. The SMILES string of the molecule is CCc1cc(CC(=O)C(C)(C)C)n(CC)n1. The minimum Gasteiger partial charge on any atom is -0.299 e. The van der Waals surface area contributed by atoms with E-state index in [1.54, 1.807) is 0 Å². The summed E-state index contributed by atoms with van der Waals surface area (Å²) in [6.45, 7) is 10.8. The Morgan fingerprint density at radius 2 is 2.00 bits per heavy atom. The maximum absolute atomic E-state index is 12.0. The molecule has 1 aromatic heterocycles. The van der Waals surface area contributed by atoms with Gasteiger partial charge in [-0.1, -0.05) is 27.7 Å². The first-order chi connectivity index (χ1) is 7.38. The fourth-order valence-electron chi connectivity index (χ4n) is 1.53. The average molecular weight is 222 g/mol. The summed E-state index contributed by atoms with van der Waals surface area (Å²) < 4.78 is 1.93. The van der Waals surface area contributed by atoms with Gasteiger partial charge in [0.1, 0.15) is 5.78 Å². The van der Waals surface area contributed by atoms with Crippen LogP contribution >= 0.6 is 0 Å². The van der Waals surface area contributed by atoms with Gasteiger partial charge in [0, 0.05) is 24.1 Å². The van der Waals surface area contributed by atoms with Crippen LogP contribution in [0.5, 0.6) is 0 Å². The van der Waals surface area contributed by atoms with E-state index in [0.29, 0.717) is 6.42 Å². The van der Waals surface area contributed by atoms with Crippen molar-refractivity contribution in [2.45, 2.75) is 54.0 Å². The van der Waals surface area contributed by atoms with Gasteiger partial charge in [-0.15, -0.1) is 0 Å². The van der Waals surface area contributed by atoms with Crippen molar-refractivity contribution in [3.63, 3.8) is 0 Å². The van der Waals surface area contributed by atoms with Crippen LogP contribution in [-0.2, 0) is 24.2 Å². The lowest BCUT2D eigenvalue weighted by Crippen LogP contribution is -2.23. The quantitative estimate of drug-likeness (QED) is 0.785. The molecule has 0 bridgehead atoms. The third kappa shape index (κ3) is 2.94. The monoisotopic (exact) mass is 222 g/mol. The Hall–Kier alpha value is -1.12. The van der Waals surface area contributed by atoms with Gasteiger partial charge in [-0.2, -0.15) is 5.10 Å². The molecule has 1 rings (SSSR count). The molecule has 1 aromatic rings. The van der Waals surface area contributed by atoms with Crippen LogP contribution in [0.2, 0.25) is 0 Å². The van der Waals surface area contributed by atoms with Gasteiger partial charge in [-0.3, -0.25) is 9.48 Å². The molecule has 0 aliphatic heterocycles.